The molecule has 59 heavy (non-hydrogen) atoms. The molecule has 0 unspecified atom stereocenters. The van der Waals surface area contributed by atoms with Gasteiger partial charge in [-0.1, -0.05) is 196 Å². The Hall–Kier alpha value is -7.42. The first-order chi connectivity index (χ1) is 29.1. The maximum Gasteiger partial charge on any atom is 0.0618 e. The number of para-hydroxylation sites is 1. The molecule has 1 aliphatic rings. The fourth-order valence-corrected chi connectivity index (χ4v) is 9.66. The summed E-state index contributed by atoms with van der Waals surface area (Å²) in [5.74, 6) is 0. The van der Waals surface area contributed by atoms with E-state index in [1.807, 2.05) is 0 Å². The van der Waals surface area contributed by atoms with Crippen molar-refractivity contribution in [2.45, 2.75) is 19.3 Å². The van der Waals surface area contributed by atoms with E-state index >= 15 is 0 Å². The van der Waals surface area contributed by atoms with Crippen molar-refractivity contribution in [3.8, 4) is 22.3 Å². The van der Waals surface area contributed by atoms with E-state index in [-0.39, 0.29) is 5.41 Å². The zero-order valence-corrected chi connectivity index (χ0v) is 33.2. The van der Waals surface area contributed by atoms with E-state index in [0.717, 1.165) is 17.1 Å². The minimum atomic E-state index is -0.365. The van der Waals surface area contributed by atoms with Crippen molar-refractivity contribution in [2.75, 3.05) is 9.80 Å². The summed E-state index contributed by atoms with van der Waals surface area (Å²) < 4.78 is 0. The standard InChI is InChI=1S/C57H42N2/c1-57(2)50-28-12-13-29-52(50)59(56-47-26-11-8-21-43(47)35-38-49(56)48-27-14-22-41-19-6-9-24-45(41)48)54-32-16-31-53(55(54)57)58(51-30-15-23-42-20-7-10-25-46(42)51)44-36-33-40(34-37-44)39-17-4-3-5-18-39/h3-38H,1-2H3. The van der Waals surface area contributed by atoms with Gasteiger partial charge in [-0.2, -0.15) is 0 Å². The zero-order valence-electron chi connectivity index (χ0n) is 33.2. The minimum absolute atomic E-state index is 0.365. The SMILES string of the molecule is CC1(C)c2ccccc2N(c2c(-c3cccc4ccccc34)ccc3ccccc23)c2cccc(N(c3ccc(-c4ccccc4)cc3)c3cccc4ccccc34)c21. The summed E-state index contributed by atoms with van der Waals surface area (Å²) >= 11 is 0. The van der Waals surface area contributed by atoms with Gasteiger partial charge in [-0.25, -0.2) is 0 Å². The summed E-state index contributed by atoms with van der Waals surface area (Å²) in [7, 11) is 0. The number of benzene rings is 10. The topological polar surface area (TPSA) is 6.48 Å². The van der Waals surface area contributed by atoms with E-state index in [4.69, 9.17) is 0 Å². The summed E-state index contributed by atoms with van der Waals surface area (Å²) in [5, 5.41) is 7.32. The van der Waals surface area contributed by atoms with Crippen LogP contribution in [0.2, 0.25) is 0 Å². The van der Waals surface area contributed by atoms with Crippen molar-refractivity contribution in [1.29, 1.82) is 0 Å². The van der Waals surface area contributed by atoms with Crippen LogP contribution in [-0.4, -0.2) is 0 Å². The highest BCUT2D eigenvalue weighted by Crippen LogP contribution is 2.58. The monoisotopic (exact) mass is 754 g/mol. The van der Waals surface area contributed by atoms with Crippen LogP contribution in [0.1, 0.15) is 25.0 Å². The fourth-order valence-electron chi connectivity index (χ4n) is 9.66. The Morgan fingerprint density at radius 1 is 0.373 bits per heavy atom. The van der Waals surface area contributed by atoms with Gasteiger partial charge in [-0.15, -0.1) is 0 Å². The smallest absolute Gasteiger partial charge is 0.0618 e. The van der Waals surface area contributed by atoms with E-state index < -0.39 is 0 Å². The van der Waals surface area contributed by atoms with E-state index in [9.17, 15) is 0 Å². The van der Waals surface area contributed by atoms with Crippen molar-refractivity contribution >= 4 is 66.4 Å². The summed E-state index contributed by atoms with van der Waals surface area (Å²) in [6.07, 6.45) is 0. The molecule has 0 aromatic heterocycles. The Kier molecular flexibility index (Phi) is 8.20. The summed E-state index contributed by atoms with van der Waals surface area (Å²) in [4.78, 5) is 5.07. The van der Waals surface area contributed by atoms with Crippen molar-refractivity contribution < 1.29 is 0 Å². The number of anilines is 6. The molecule has 11 rings (SSSR count). The molecule has 2 heteroatoms. The highest BCUT2D eigenvalue weighted by Gasteiger charge is 2.41. The van der Waals surface area contributed by atoms with Crippen LogP contribution in [0.25, 0.3) is 54.6 Å². The molecule has 0 N–H and O–H groups in total. The van der Waals surface area contributed by atoms with Gasteiger partial charge in [0.2, 0.25) is 0 Å². The second-order valence-corrected chi connectivity index (χ2v) is 16.1. The molecule has 0 atom stereocenters. The molecule has 1 heterocycles. The van der Waals surface area contributed by atoms with Gasteiger partial charge in [-0.3, -0.25) is 0 Å². The molecule has 0 bridgehead atoms. The third-order valence-electron chi connectivity index (χ3n) is 12.4. The quantitative estimate of drug-likeness (QED) is 0.167. The van der Waals surface area contributed by atoms with Crippen LogP contribution in [0, 0.1) is 0 Å². The predicted octanol–water partition coefficient (Wildman–Crippen LogP) is 16.1. The van der Waals surface area contributed by atoms with Gasteiger partial charge in [-0.05, 0) is 80.2 Å². The van der Waals surface area contributed by atoms with Crippen molar-refractivity contribution in [2.24, 2.45) is 0 Å². The number of fused-ring (bicyclic) bond motifs is 5. The lowest BCUT2D eigenvalue weighted by atomic mass is 9.72. The van der Waals surface area contributed by atoms with E-state index in [2.05, 4.69) is 242 Å². The average molecular weight is 755 g/mol. The minimum Gasteiger partial charge on any atom is -0.309 e. The van der Waals surface area contributed by atoms with Gasteiger partial charge >= 0.3 is 0 Å². The van der Waals surface area contributed by atoms with Crippen molar-refractivity contribution in [3.05, 3.63) is 230 Å². The van der Waals surface area contributed by atoms with Gasteiger partial charge in [0.05, 0.1) is 28.4 Å². The fraction of sp³-hybridized carbons (Fsp3) is 0.0526. The van der Waals surface area contributed by atoms with Crippen LogP contribution < -0.4 is 9.80 Å². The van der Waals surface area contributed by atoms with Gasteiger partial charge < -0.3 is 9.80 Å². The molecular weight excluding hydrogens is 713 g/mol. The Balaban J connectivity index is 1.22. The molecule has 0 amide bonds. The molecule has 10 aromatic rings. The molecule has 0 aliphatic carbocycles. The van der Waals surface area contributed by atoms with E-state index in [1.165, 1.54) is 82.8 Å². The van der Waals surface area contributed by atoms with Crippen LogP contribution in [-0.2, 0) is 5.41 Å². The molecule has 0 saturated carbocycles. The summed E-state index contributed by atoms with van der Waals surface area (Å²) in [6.45, 7) is 4.81. The third-order valence-corrected chi connectivity index (χ3v) is 12.4. The van der Waals surface area contributed by atoms with Crippen LogP contribution in [0.15, 0.2) is 218 Å². The molecular formula is C57H42N2. The Morgan fingerprint density at radius 3 is 1.69 bits per heavy atom. The highest BCUT2D eigenvalue weighted by atomic mass is 15.2. The first-order valence-electron chi connectivity index (χ1n) is 20.5. The van der Waals surface area contributed by atoms with Crippen LogP contribution >= 0.6 is 0 Å². The number of hydrogen-bond donors (Lipinski definition) is 0. The Bertz CT molecular complexity index is 3190. The first kappa shape index (κ1) is 34.8. The largest absolute Gasteiger partial charge is 0.309 e. The lowest BCUT2D eigenvalue weighted by Gasteiger charge is -2.45. The number of hydrogen-bond acceptors (Lipinski definition) is 2. The lowest BCUT2D eigenvalue weighted by molar-refractivity contribution is 0.632. The number of nitrogens with zero attached hydrogens (tertiary/aromatic N) is 2. The molecule has 280 valence electrons. The molecule has 2 nitrogen and oxygen atoms in total. The second-order valence-electron chi connectivity index (χ2n) is 16.1. The first-order valence-corrected chi connectivity index (χ1v) is 20.5. The number of rotatable bonds is 6. The Labute approximate surface area is 345 Å². The summed E-state index contributed by atoms with van der Waals surface area (Å²) in [5.41, 5.74) is 14.0. The van der Waals surface area contributed by atoms with Gasteiger partial charge in [0.25, 0.3) is 0 Å². The predicted molar refractivity (Wildman–Crippen MR) is 251 cm³/mol. The van der Waals surface area contributed by atoms with Gasteiger partial charge in [0.1, 0.15) is 0 Å². The lowest BCUT2D eigenvalue weighted by Crippen LogP contribution is -2.32. The van der Waals surface area contributed by atoms with E-state index in [0.29, 0.717) is 0 Å². The van der Waals surface area contributed by atoms with Crippen molar-refractivity contribution in [3.63, 3.8) is 0 Å². The van der Waals surface area contributed by atoms with Crippen molar-refractivity contribution in [1.82, 2.24) is 0 Å². The molecule has 0 fully saturated rings. The molecule has 0 radical (unpaired) electrons. The van der Waals surface area contributed by atoms with Gasteiger partial charge in [0.15, 0.2) is 0 Å². The zero-order chi connectivity index (χ0) is 39.5. The normalized spacial score (nSPS) is 13.0. The molecule has 0 saturated heterocycles. The van der Waals surface area contributed by atoms with Crippen LogP contribution in [0.4, 0.5) is 34.1 Å². The third kappa shape index (κ3) is 5.63. The van der Waals surface area contributed by atoms with E-state index in [1.54, 1.807) is 0 Å². The van der Waals surface area contributed by atoms with Crippen LogP contribution in [0.3, 0.4) is 0 Å². The summed E-state index contributed by atoms with van der Waals surface area (Å²) in [6, 6.07) is 80.1. The maximum absolute atomic E-state index is 2.57. The maximum atomic E-state index is 2.57. The molecule has 0 spiro atoms. The van der Waals surface area contributed by atoms with Gasteiger partial charge in [0, 0.05) is 33.0 Å². The average Bonchev–Trinajstić information content (AvgIpc) is 3.29. The molecule has 10 aromatic carbocycles. The highest BCUT2D eigenvalue weighted by molar-refractivity contribution is 6.12. The Morgan fingerprint density at radius 2 is 0.915 bits per heavy atom. The van der Waals surface area contributed by atoms with Crippen LogP contribution in [0.5, 0.6) is 0 Å². The molecule has 1 aliphatic heterocycles. The second kappa shape index (κ2) is 13.9.